The zero-order valence-electron chi connectivity index (χ0n) is 19.5. The molecule has 2 fully saturated rings. The maximum atomic E-state index is 5.16. The average molecular weight is 422 g/mol. The van der Waals surface area contributed by atoms with Crippen LogP contribution in [-0.4, -0.2) is 15.0 Å². The summed E-state index contributed by atoms with van der Waals surface area (Å²) in [5.74, 6) is 2.83. The lowest BCUT2D eigenvalue weighted by Gasteiger charge is -2.56. The van der Waals surface area contributed by atoms with Crippen LogP contribution in [0, 0.1) is 22.7 Å². The molecule has 4 atom stereocenters. The third-order valence-electron chi connectivity index (χ3n) is 9.83. The highest BCUT2D eigenvalue weighted by atomic mass is 14.9. The van der Waals surface area contributed by atoms with E-state index in [-0.39, 0.29) is 0 Å². The fourth-order valence-electron chi connectivity index (χ4n) is 7.15. The van der Waals surface area contributed by atoms with Gasteiger partial charge in [0, 0.05) is 23.2 Å². The Balaban J connectivity index is 1.26. The van der Waals surface area contributed by atoms with Crippen molar-refractivity contribution in [2.24, 2.45) is 22.7 Å². The van der Waals surface area contributed by atoms with Gasteiger partial charge in [0.1, 0.15) is 0 Å². The summed E-state index contributed by atoms with van der Waals surface area (Å²) < 4.78 is 0. The van der Waals surface area contributed by atoms with Crippen LogP contribution in [0.2, 0.25) is 0 Å². The summed E-state index contributed by atoms with van der Waals surface area (Å²) in [5.41, 5.74) is 10.2. The Morgan fingerprint density at radius 1 is 0.594 bits per heavy atom. The molecule has 0 saturated heterocycles. The maximum absolute atomic E-state index is 5.16. The molecule has 0 amide bonds. The standard InChI is InChI=1S/C29H31N3/c1-28(2)18-12-16-8-10-24(31-26(16)20(28)14-18)22-6-5-7-23(30-22)25-11-9-17-13-19-15-21(27(17)32-25)29(19,3)4/h5-11,18-21H,12-15H2,1-4H3/t18-,19-,20-,21-/m0/s1. The Morgan fingerprint density at radius 3 is 1.47 bits per heavy atom. The van der Waals surface area contributed by atoms with Crippen LogP contribution >= 0.6 is 0 Å². The Hall–Kier alpha value is -2.55. The molecule has 3 aromatic heterocycles. The van der Waals surface area contributed by atoms with E-state index >= 15 is 0 Å². The molecule has 0 unspecified atom stereocenters. The minimum atomic E-state index is 0.384. The number of hydrogen-bond donors (Lipinski definition) is 0. The highest BCUT2D eigenvalue weighted by molar-refractivity contribution is 5.63. The summed E-state index contributed by atoms with van der Waals surface area (Å²) >= 11 is 0. The number of nitrogens with zero attached hydrogens (tertiary/aromatic N) is 3. The van der Waals surface area contributed by atoms with Gasteiger partial charge in [-0.05, 0) is 83.7 Å². The molecule has 2 saturated carbocycles. The molecule has 6 aliphatic rings. The summed E-state index contributed by atoms with van der Waals surface area (Å²) in [6.45, 7) is 9.65. The lowest BCUT2D eigenvalue weighted by atomic mass is 9.48. The van der Waals surface area contributed by atoms with Crippen LogP contribution in [0.3, 0.4) is 0 Å². The first-order chi connectivity index (χ1) is 15.3. The fourth-order valence-corrected chi connectivity index (χ4v) is 7.15. The Kier molecular flexibility index (Phi) is 3.60. The van der Waals surface area contributed by atoms with E-state index < -0.39 is 0 Å². The predicted octanol–water partition coefficient (Wildman–Crippen LogP) is 6.58. The summed E-state index contributed by atoms with van der Waals surface area (Å²) in [7, 11) is 0. The first-order valence-electron chi connectivity index (χ1n) is 12.3. The predicted molar refractivity (Wildman–Crippen MR) is 127 cm³/mol. The van der Waals surface area contributed by atoms with Gasteiger partial charge in [0.15, 0.2) is 0 Å². The second-order valence-corrected chi connectivity index (χ2v) is 11.9. The third-order valence-corrected chi connectivity index (χ3v) is 9.83. The molecule has 3 heterocycles. The molecule has 6 aliphatic carbocycles. The lowest BCUT2D eigenvalue weighted by molar-refractivity contribution is 0.0155. The summed E-state index contributed by atoms with van der Waals surface area (Å²) in [5, 5.41) is 0. The molecule has 3 nitrogen and oxygen atoms in total. The summed E-state index contributed by atoms with van der Waals surface area (Å²) in [4.78, 5) is 15.3. The average Bonchev–Trinajstić information content (AvgIpc) is 2.82. The van der Waals surface area contributed by atoms with Gasteiger partial charge in [-0.2, -0.15) is 0 Å². The Bertz CT molecular complexity index is 1180. The van der Waals surface area contributed by atoms with E-state index in [1.54, 1.807) is 0 Å². The number of aromatic nitrogens is 3. The van der Waals surface area contributed by atoms with Gasteiger partial charge in [0.05, 0.1) is 22.8 Å². The molecule has 0 N–H and O–H groups in total. The van der Waals surface area contributed by atoms with Gasteiger partial charge in [-0.15, -0.1) is 0 Å². The minimum absolute atomic E-state index is 0.384. The van der Waals surface area contributed by atoms with Crippen molar-refractivity contribution in [3.63, 3.8) is 0 Å². The van der Waals surface area contributed by atoms with Gasteiger partial charge in [0.2, 0.25) is 0 Å². The molecule has 3 heteroatoms. The van der Waals surface area contributed by atoms with Crippen molar-refractivity contribution in [1.29, 1.82) is 0 Å². The van der Waals surface area contributed by atoms with Crippen molar-refractivity contribution in [3.05, 3.63) is 65.0 Å². The van der Waals surface area contributed by atoms with Crippen LogP contribution in [-0.2, 0) is 12.8 Å². The zero-order chi connectivity index (χ0) is 21.8. The zero-order valence-corrected chi connectivity index (χ0v) is 19.5. The van der Waals surface area contributed by atoms with Gasteiger partial charge in [-0.3, -0.25) is 9.97 Å². The smallest absolute Gasteiger partial charge is 0.0894 e. The van der Waals surface area contributed by atoms with Crippen LogP contribution in [0.15, 0.2) is 42.5 Å². The van der Waals surface area contributed by atoms with E-state index in [0.717, 1.165) is 34.6 Å². The van der Waals surface area contributed by atoms with Gasteiger partial charge in [0.25, 0.3) is 0 Å². The highest BCUT2D eigenvalue weighted by Gasteiger charge is 2.54. The van der Waals surface area contributed by atoms with E-state index in [1.807, 2.05) is 0 Å². The van der Waals surface area contributed by atoms with Crippen molar-refractivity contribution >= 4 is 0 Å². The van der Waals surface area contributed by atoms with E-state index in [4.69, 9.17) is 15.0 Å². The molecular formula is C29H31N3. The first-order valence-corrected chi connectivity index (χ1v) is 12.3. The molecular weight excluding hydrogens is 390 g/mol. The summed E-state index contributed by atoms with van der Waals surface area (Å²) in [6, 6.07) is 15.2. The normalized spacial score (nSPS) is 29.9. The molecule has 4 bridgehead atoms. The topological polar surface area (TPSA) is 38.7 Å². The van der Waals surface area contributed by atoms with Crippen molar-refractivity contribution in [1.82, 2.24) is 15.0 Å². The number of hydrogen-bond acceptors (Lipinski definition) is 3. The van der Waals surface area contributed by atoms with Crippen LogP contribution in [0.4, 0.5) is 0 Å². The highest BCUT2D eigenvalue weighted by Crippen LogP contribution is 2.62. The minimum Gasteiger partial charge on any atom is -0.251 e. The Morgan fingerprint density at radius 2 is 1.03 bits per heavy atom. The molecule has 0 aliphatic heterocycles. The second kappa shape index (κ2) is 6.07. The quantitative estimate of drug-likeness (QED) is 0.469. The van der Waals surface area contributed by atoms with E-state index in [1.165, 1.54) is 48.2 Å². The van der Waals surface area contributed by atoms with Gasteiger partial charge < -0.3 is 0 Å². The maximum Gasteiger partial charge on any atom is 0.0894 e. The van der Waals surface area contributed by atoms with Crippen molar-refractivity contribution < 1.29 is 0 Å². The molecule has 162 valence electrons. The number of rotatable bonds is 2. The molecule has 0 spiro atoms. The molecule has 0 radical (unpaired) electrons. The van der Waals surface area contributed by atoms with E-state index in [9.17, 15) is 0 Å². The van der Waals surface area contributed by atoms with Crippen molar-refractivity contribution in [2.75, 3.05) is 0 Å². The summed E-state index contributed by atoms with van der Waals surface area (Å²) in [6.07, 6.45) is 4.94. The van der Waals surface area contributed by atoms with Crippen LogP contribution < -0.4 is 0 Å². The molecule has 9 rings (SSSR count). The van der Waals surface area contributed by atoms with Gasteiger partial charge in [-0.1, -0.05) is 45.9 Å². The molecule has 32 heavy (non-hydrogen) atoms. The monoisotopic (exact) mass is 421 g/mol. The third kappa shape index (κ3) is 2.40. The van der Waals surface area contributed by atoms with E-state index in [2.05, 4.69) is 70.2 Å². The van der Waals surface area contributed by atoms with Crippen LogP contribution in [0.5, 0.6) is 0 Å². The van der Waals surface area contributed by atoms with Crippen molar-refractivity contribution in [3.8, 4) is 22.8 Å². The SMILES string of the molecule is CC1(C)[C@H]2Cc3ccc(-c4cccc(-c5ccc6c(n5)[C@@H]5C[C@H](C6)C5(C)C)n4)nc3[C@@H]1C2. The van der Waals surface area contributed by atoms with Gasteiger partial charge in [-0.25, -0.2) is 4.98 Å². The molecule has 0 aromatic carbocycles. The largest absolute Gasteiger partial charge is 0.251 e. The lowest BCUT2D eigenvalue weighted by Crippen LogP contribution is -2.48. The second-order valence-electron chi connectivity index (χ2n) is 11.9. The van der Waals surface area contributed by atoms with E-state index in [0.29, 0.717) is 22.7 Å². The first kappa shape index (κ1) is 19.0. The Labute approximate surface area is 190 Å². The fraction of sp³-hybridized carbons (Fsp3) is 0.483. The van der Waals surface area contributed by atoms with Gasteiger partial charge >= 0.3 is 0 Å². The number of pyridine rings is 3. The van der Waals surface area contributed by atoms with Crippen LogP contribution in [0.25, 0.3) is 22.8 Å². The van der Waals surface area contributed by atoms with Crippen LogP contribution in [0.1, 0.15) is 74.9 Å². The molecule has 3 aromatic rings. The van der Waals surface area contributed by atoms with Crippen molar-refractivity contribution in [2.45, 2.75) is 65.2 Å².